The molecule has 174 valence electrons. The number of hydrogen-bond donors (Lipinski definition) is 3. The van der Waals surface area contributed by atoms with Crippen LogP contribution < -0.4 is 15.4 Å². The number of hydrogen-bond acceptors (Lipinski definition) is 5. The van der Waals surface area contributed by atoms with Crippen LogP contribution >= 0.6 is 0 Å². The molecule has 0 spiro atoms. The zero-order valence-corrected chi connectivity index (χ0v) is 19.4. The van der Waals surface area contributed by atoms with Gasteiger partial charge in [-0.25, -0.2) is 4.98 Å². The van der Waals surface area contributed by atoms with Gasteiger partial charge in [0, 0.05) is 29.8 Å². The summed E-state index contributed by atoms with van der Waals surface area (Å²) in [7, 11) is 3.46. The predicted molar refractivity (Wildman–Crippen MR) is 125 cm³/mol. The van der Waals surface area contributed by atoms with Crippen LogP contribution in [0.15, 0.2) is 36.8 Å². The van der Waals surface area contributed by atoms with Crippen LogP contribution in [0.5, 0.6) is 5.75 Å². The summed E-state index contributed by atoms with van der Waals surface area (Å²) in [4.78, 5) is 33.1. The van der Waals surface area contributed by atoms with Gasteiger partial charge in [0.2, 0.25) is 5.91 Å². The smallest absolute Gasteiger partial charge is 0.268 e. The van der Waals surface area contributed by atoms with Crippen molar-refractivity contribution in [2.45, 2.75) is 45.2 Å². The molecule has 33 heavy (non-hydrogen) atoms. The number of aryl methyl sites for hydroxylation is 2. The number of carbonyl (C=O) groups excluding carboxylic acids is 2. The number of ether oxygens (including phenoxy) is 1. The van der Waals surface area contributed by atoms with E-state index in [2.05, 4.69) is 26.7 Å². The average Bonchev–Trinajstić information content (AvgIpc) is 3.41. The summed E-state index contributed by atoms with van der Waals surface area (Å²) in [6.45, 7) is 3.95. The van der Waals surface area contributed by atoms with Crippen molar-refractivity contribution >= 4 is 22.7 Å². The number of nitriles is 1. The van der Waals surface area contributed by atoms with Crippen molar-refractivity contribution in [3.8, 4) is 11.8 Å². The van der Waals surface area contributed by atoms with Crippen LogP contribution in [0, 0.1) is 17.2 Å². The van der Waals surface area contributed by atoms with Gasteiger partial charge in [-0.1, -0.05) is 19.9 Å². The van der Waals surface area contributed by atoms with Gasteiger partial charge in [0.1, 0.15) is 23.5 Å². The summed E-state index contributed by atoms with van der Waals surface area (Å²) in [6.07, 6.45) is 4.94. The number of rotatable bonds is 10. The predicted octanol–water partition coefficient (Wildman–Crippen LogP) is 2.70. The molecule has 1 aromatic carbocycles. The molecular formula is C24H30N6O3. The molecule has 0 aliphatic carbocycles. The van der Waals surface area contributed by atoms with E-state index >= 15 is 0 Å². The summed E-state index contributed by atoms with van der Waals surface area (Å²) in [5, 5.41) is 15.9. The zero-order chi connectivity index (χ0) is 24.0. The summed E-state index contributed by atoms with van der Waals surface area (Å²) in [5.41, 5.74) is 2.08. The third-order valence-corrected chi connectivity index (χ3v) is 5.50. The number of amides is 2. The highest BCUT2D eigenvalue weighted by atomic mass is 16.5. The van der Waals surface area contributed by atoms with Crippen molar-refractivity contribution < 1.29 is 14.3 Å². The molecule has 2 amide bonds. The number of aromatic nitrogens is 3. The molecule has 3 rings (SSSR count). The van der Waals surface area contributed by atoms with Crippen LogP contribution in [0.25, 0.3) is 10.9 Å². The van der Waals surface area contributed by atoms with E-state index in [9.17, 15) is 14.9 Å². The number of imidazole rings is 1. The molecule has 0 aliphatic heterocycles. The maximum absolute atomic E-state index is 13.0. The van der Waals surface area contributed by atoms with Gasteiger partial charge in [-0.2, -0.15) is 5.26 Å². The summed E-state index contributed by atoms with van der Waals surface area (Å²) >= 11 is 0. The second-order valence-corrected chi connectivity index (χ2v) is 8.48. The first-order chi connectivity index (χ1) is 15.8. The number of methoxy groups -OCH3 is 1. The van der Waals surface area contributed by atoms with Gasteiger partial charge in [0.25, 0.3) is 5.91 Å². The van der Waals surface area contributed by atoms with E-state index in [1.807, 2.05) is 43.7 Å². The van der Waals surface area contributed by atoms with Crippen molar-refractivity contribution in [2.75, 3.05) is 7.11 Å². The van der Waals surface area contributed by atoms with E-state index in [0.717, 1.165) is 16.6 Å². The Hall–Kier alpha value is -3.80. The van der Waals surface area contributed by atoms with Crippen LogP contribution in [0.4, 0.5) is 0 Å². The Kier molecular flexibility index (Phi) is 7.72. The molecule has 3 N–H and O–H groups in total. The maximum atomic E-state index is 13.0. The highest BCUT2D eigenvalue weighted by molar-refractivity contribution is 6.01. The van der Waals surface area contributed by atoms with Gasteiger partial charge in [-0.3, -0.25) is 9.59 Å². The van der Waals surface area contributed by atoms with E-state index in [1.54, 1.807) is 25.7 Å². The Morgan fingerprint density at radius 1 is 1.30 bits per heavy atom. The van der Waals surface area contributed by atoms with Crippen molar-refractivity contribution in [1.82, 2.24) is 25.2 Å². The standard InChI is InChI=1S/C24H30N6O3/c1-15(2)10-20(23(31)27-16(12-25)8-9-17-13-26-14-30(17)3)29-24(32)21-11-18-19(28-21)6-5-7-22(18)33-4/h5-7,11,13-16,20,28H,8-10H2,1-4H3,(H,27,31)(H,29,32)/t16-,20-/m0/s1. The lowest BCUT2D eigenvalue weighted by Gasteiger charge is -2.21. The number of aromatic amines is 1. The largest absolute Gasteiger partial charge is 0.496 e. The van der Waals surface area contributed by atoms with Gasteiger partial charge in [0.05, 0.1) is 19.5 Å². The number of benzene rings is 1. The molecule has 0 saturated heterocycles. The Bertz CT molecular complexity index is 1160. The van der Waals surface area contributed by atoms with Crippen molar-refractivity contribution in [2.24, 2.45) is 13.0 Å². The van der Waals surface area contributed by atoms with Gasteiger partial charge in [-0.05, 0) is 43.4 Å². The molecule has 0 saturated carbocycles. The van der Waals surface area contributed by atoms with E-state index in [4.69, 9.17) is 4.74 Å². The molecule has 0 bridgehead atoms. The fourth-order valence-electron chi connectivity index (χ4n) is 3.73. The summed E-state index contributed by atoms with van der Waals surface area (Å²) < 4.78 is 7.24. The van der Waals surface area contributed by atoms with Crippen molar-refractivity contribution in [1.29, 1.82) is 5.26 Å². The minimum atomic E-state index is -0.765. The Morgan fingerprint density at radius 2 is 2.09 bits per heavy atom. The van der Waals surface area contributed by atoms with E-state index in [-0.39, 0.29) is 11.8 Å². The highest BCUT2D eigenvalue weighted by Crippen LogP contribution is 2.26. The molecule has 0 unspecified atom stereocenters. The Balaban J connectivity index is 1.69. The first-order valence-corrected chi connectivity index (χ1v) is 10.9. The van der Waals surface area contributed by atoms with E-state index in [0.29, 0.717) is 30.7 Å². The quantitative estimate of drug-likeness (QED) is 0.438. The molecule has 2 heterocycles. The van der Waals surface area contributed by atoms with Gasteiger partial charge < -0.3 is 24.9 Å². The molecular weight excluding hydrogens is 420 g/mol. The molecule has 0 radical (unpaired) electrons. The second kappa shape index (κ2) is 10.7. The molecule has 9 heteroatoms. The maximum Gasteiger partial charge on any atom is 0.268 e. The lowest BCUT2D eigenvalue weighted by molar-refractivity contribution is -0.123. The van der Waals surface area contributed by atoms with E-state index in [1.165, 1.54) is 0 Å². The Labute approximate surface area is 193 Å². The van der Waals surface area contributed by atoms with Crippen LogP contribution in [-0.2, 0) is 18.3 Å². The number of nitrogens with zero attached hydrogens (tertiary/aromatic N) is 3. The number of H-pyrrole nitrogens is 1. The summed E-state index contributed by atoms with van der Waals surface area (Å²) in [5.74, 6) is 0.0585. The van der Waals surface area contributed by atoms with Crippen molar-refractivity contribution in [3.05, 3.63) is 48.2 Å². The Morgan fingerprint density at radius 3 is 2.73 bits per heavy atom. The average molecular weight is 451 g/mol. The topological polar surface area (TPSA) is 125 Å². The van der Waals surface area contributed by atoms with Gasteiger partial charge in [-0.15, -0.1) is 0 Å². The molecule has 0 fully saturated rings. The molecule has 0 aliphatic rings. The highest BCUT2D eigenvalue weighted by Gasteiger charge is 2.25. The number of fused-ring (bicyclic) bond motifs is 1. The molecule has 3 aromatic rings. The normalized spacial score (nSPS) is 12.8. The SMILES string of the molecule is COc1cccc2[nH]c(C(=O)N[C@@H](CC(C)C)C(=O)N[C@H](C#N)CCc3cncn3C)cc12. The lowest BCUT2D eigenvalue weighted by atomic mass is 10.0. The fraction of sp³-hybridized carbons (Fsp3) is 0.417. The van der Waals surface area contributed by atoms with Crippen LogP contribution in [0.2, 0.25) is 0 Å². The van der Waals surface area contributed by atoms with Crippen LogP contribution in [-0.4, -0.2) is 45.5 Å². The third-order valence-electron chi connectivity index (χ3n) is 5.50. The fourth-order valence-corrected chi connectivity index (χ4v) is 3.73. The first-order valence-electron chi connectivity index (χ1n) is 10.9. The zero-order valence-electron chi connectivity index (χ0n) is 19.4. The molecule has 2 atom stereocenters. The summed E-state index contributed by atoms with van der Waals surface area (Å²) in [6, 6.07) is 7.93. The van der Waals surface area contributed by atoms with Gasteiger partial charge >= 0.3 is 0 Å². The van der Waals surface area contributed by atoms with Gasteiger partial charge in [0.15, 0.2) is 0 Å². The number of nitrogens with one attached hydrogen (secondary N) is 3. The third kappa shape index (κ3) is 5.92. The van der Waals surface area contributed by atoms with E-state index < -0.39 is 18.0 Å². The minimum Gasteiger partial charge on any atom is -0.496 e. The minimum absolute atomic E-state index is 0.166. The first kappa shape index (κ1) is 23.9. The second-order valence-electron chi connectivity index (χ2n) is 8.48. The molecule has 9 nitrogen and oxygen atoms in total. The van der Waals surface area contributed by atoms with Crippen LogP contribution in [0.3, 0.4) is 0 Å². The molecule has 2 aromatic heterocycles. The monoisotopic (exact) mass is 450 g/mol. The van der Waals surface area contributed by atoms with Crippen molar-refractivity contribution in [3.63, 3.8) is 0 Å². The number of carbonyl (C=O) groups is 2. The van der Waals surface area contributed by atoms with Crippen LogP contribution in [0.1, 0.15) is 42.9 Å². The lowest BCUT2D eigenvalue weighted by Crippen LogP contribution is -2.50.